The van der Waals surface area contributed by atoms with Crippen molar-refractivity contribution >= 4 is 44.7 Å². The number of nitrogens with one attached hydrogen (secondary N) is 1. The van der Waals surface area contributed by atoms with E-state index in [1.165, 1.54) is 6.92 Å². The van der Waals surface area contributed by atoms with E-state index in [0.29, 0.717) is 12.8 Å². The van der Waals surface area contributed by atoms with Gasteiger partial charge in [0.2, 0.25) is 11.8 Å². The average molecular weight is 353 g/mol. The van der Waals surface area contributed by atoms with Crippen LogP contribution in [-0.2, 0) is 16.0 Å². The lowest BCUT2D eigenvalue weighted by molar-refractivity contribution is -0.117. The molecule has 0 saturated heterocycles. The molecule has 0 fully saturated rings. The third kappa shape index (κ3) is 4.22. The highest BCUT2D eigenvalue weighted by Crippen LogP contribution is 2.23. The smallest absolute Gasteiger partial charge is 0.224 e. The first-order chi connectivity index (χ1) is 12.0. The average Bonchev–Trinajstić information content (AvgIpc) is 3.03. The Morgan fingerprint density at radius 1 is 1.12 bits per heavy atom. The van der Waals surface area contributed by atoms with Crippen LogP contribution in [0.2, 0.25) is 0 Å². The van der Waals surface area contributed by atoms with E-state index in [4.69, 9.17) is 0 Å². The number of aryl methyl sites for hydroxylation is 1. The van der Waals surface area contributed by atoms with Crippen molar-refractivity contribution in [3.63, 3.8) is 0 Å². The van der Waals surface area contributed by atoms with E-state index in [0.717, 1.165) is 26.6 Å². The molecule has 0 aliphatic carbocycles. The number of carbonyl (C=O) groups is 2. The standard InChI is InChI=1S/C19H19N3O2S/c1-13(23)22(2)15-9-7-14(8-10-15)20-18(24)11-12-19-21-16-5-3-4-6-17(16)25-19/h3-10H,11-12H2,1-2H3,(H,20,24). The molecule has 1 heterocycles. The van der Waals surface area contributed by atoms with Crippen molar-refractivity contribution in [3.8, 4) is 0 Å². The molecular weight excluding hydrogens is 334 g/mol. The predicted molar refractivity (Wildman–Crippen MR) is 102 cm³/mol. The number of benzene rings is 2. The summed E-state index contributed by atoms with van der Waals surface area (Å²) in [6.45, 7) is 1.51. The van der Waals surface area contributed by atoms with Crippen LogP contribution in [-0.4, -0.2) is 23.8 Å². The van der Waals surface area contributed by atoms with Crippen LogP contribution in [0.5, 0.6) is 0 Å². The normalized spacial score (nSPS) is 10.6. The van der Waals surface area contributed by atoms with Crippen molar-refractivity contribution in [1.29, 1.82) is 0 Å². The van der Waals surface area contributed by atoms with Gasteiger partial charge in [0.1, 0.15) is 0 Å². The number of aromatic nitrogens is 1. The minimum Gasteiger partial charge on any atom is -0.326 e. The zero-order chi connectivity index (χ0) is 17.8. The lowest BCUT2D eigenvalue weighted by atomic mass is 10.2. The van der Waals surface area contributed by atoms with E-state index in [1.54, 1.807) is 35.4 Å². The summed E-state index contributed by atoms with van der Waals surface area (Å²) in [5, 5.41) is 3.84. The van der Waals surface area contributed by atoms with Crippen LogP contribution in [0.15, 0.2) is 48.5 Å². The number of hydrogen-bond donors (Lipinski definition) is 1. The Morgan fingerprint density at radius 2 is 1.84 bits per heavy atom. The second-order valence-electron chi connectivity index (χ2n) is 5.75. The summed E-state index contributed by atoms with van der Waals surface area (Å²) < 4.78 is 1.14. The summed E-state index contributed by atoms with van der Waals surface area (Å²) in [7, 11) is 1.72. The van der Waals surface area contributed by atoms with Crippen LogP contribution in [0.1, 0.15) is 18.4 Å². The Kier molecular flexibility index (Phi) is 5.09. The molecule has 0 saturated carbocycles. The van der Waals surface area contributed by atoms with Crippen LogP contribution in [0, 0.1) is 0 Å². The maximum Gasteiger partial charge on any atom is 0.224 e. The Labute approximate surface area is 150 Å². The van der Waals surface area contributed by atoms with Gasteiger partial charge in [-0.05, 0) is 36.4 Å². The molecular formula is C19H19N3O2S. The minimum atomic E-state index is -0.0491. The van der Waals surface area contributed by atoms with Gasteiger partial charge in [-0.2, -0.15) is 0 Å². The van der Waals surface area contributed by atoms with Crippen LogP contribution in [0.25, 0.3) is 10.2 Å². The summed E-state index contributed by atoms with van der Waals surface area (Å²) in [6, 6.07) is 15.2. The molecule has 6 heteroatoms. The first-order valence-electron chi connectivity index (χ1n) is 8.01. The second-order valence-corrected chi connectivity index (χ2v) is 6.86. The molecule has 1 N–H and O–H groups in total. The van der Waals surface area contributed by atoms with E-state index in [-0.39, 0.29) is 11.8 Å². The van der Waals surface area contributed by atoms with Gasteiger partial charge >= 0.3 is 0 Å². The molecule has 25 heavy (non-hydrogen) atoms. The molecule has 0 unspecified atom stereocenters. The van der Waals surface area contributed by atoms with Crippen molar-refractivity contribution < 1.29 is 9.59 Å². The van der Waals surface area contributed by atoms with Crippen LogP contribution >= 0.6 is 11.3 Å². The second kappa shape index (κ2) is 7.44. The number of anilines is 2. The highest BCUT2D eigenvalue weighted by atomic mass is 32.1. The van der Waals surface area contributed by atoms with Gasteiger partial charge in [-0.25, -0.2) is 4.98 Å². The molecule has 0 spiro atoms. The fourth-order valence-corrected chi connectivity index (χ4v) is 3.39. The first kappa shape index (κ1) is 17.1. The number of thiazole rings is 1. The Hall–Kier alpha value is -2.73. The maximum atomic E-state index is 12.1. The molecule has 0 bridgehead atoms. The number of carbonyl (C=O) groups excluding carboxylic acids is 2. The van der Waals surface area contributed by atoms with Gasteiger partial charge in [-0.1, -0.05) is 12.1 Å². The number of rotatable bonds is 5. The van der Waals surface area contributed by atoms with E-state index in [1.807, 2.05) is 36.4 Å². The van der Waals surface area contributed by atoms with Crippen molar-refractivity contribution in [3.05, 3.63) is 53.5 Å². The molecule has 2 aromatic carbocycles. The van der Waals surface area contributed by atoms with Crippen LogP contribution in [0.4, 0.5) is 11.4 Å². The molecule has 1 aromatic heterocycles. The first-order valence-corrected chi connectivity index (χ1v) is 8.83. The highest BCUT2D eigenvalue weighted by molar-refractivity contribution is 7.18. The largest absolute Gasteiger partial charge is 0.326 e. The van der Waals surface area contributed by atoms with Gasteiger partial charge in [0.05, 0.1) is 15.2 Å². The van der Waals surface area contributed by atoms with Gasteiger partial charge < -0.3 is 10.2 Å². The van der Waals surface area contributed by atoms with E-state index in [9.17, 15) is 9.59 Å². The fraction of sp³-hybridized carbons (Fsp3) is 0.211. The number of nitrogens with zero attached hydrogens (tertiary/aromatic N) is 2. The lowest BCUT2D eigenvalue weighted by Gasteiger charge is -2.15. The molecule has 5 nitrogen and oxygen atoms in total. The van der Waals surface area contributed by atoms with Crippen LogP contribution < -0.4 is 10.2 Å². The Morgan fingerprint density at radius 3 is 2.52 bits per heavy atom. The number of hydrogen-bond acceptors (Lipinski definition) is 4. The number of fused-ring (bicyclic) bond motifs is 1. The Bertz CT molecular complexity index is 869. The summed E-state index contributed by atoms with van der Waals surface area (Å²) in [5.41, 5.74) is 2.49. The summed E-state index contributed by atoms with van der Waals surface area (Å²) in [5.74, 6) is -0.0838. The van der Waals surface area contributed by atoms with E-state index < -0.39 is 0 Å². The monoisotopic (exact) mass is 353 g/mol. The van der Waals surface area contributed by atoms with E-state index >= 15 is 0 Å². The SMILES string of the molecule is CC(=O)N(C)c1ccc(NC(=O)CCc2nc3ccccc3s2)cc1. The Balaban J connectivity index is 1.56. The number of amides is 2. The van der Waals surface area contributed by atoms with E-state index in [2.05, 4.69) is 10.3 Å². The van der Waals surface area contributed by atoms with Crippen molar-refractivity contribution in [2.75, 3.05) is 17.3 Å². The topological polar surface area (TPSA) is 62.3 Å². The molecule has 2 amide bonds. The zero-order valence-electron chi connectivity index (χ0n) is 14.2. The van der Waals surface area contributed by atoms with Crippen molar-refractivity contribution in [2.24, 2.45) is 0 Å². The number of para-hydroxylation sites is 1. The summed E-state index contributed by atoms with van der Waals surface area (Å²) >= 11 is 1.62. The lowest BCUT2D eigenvalue weighted by Crippen LogP contribution is -2.22. The zero-order valence-corrected chi connectivity index (χ0v) is 15.0. The summed E-state index contributed by atoms with van der Waals surface area (Å²) in [6.07, 6.45) is 1.01. The third-order valence-electron chi connectivity index (χ3n) is 3.91. The van der Waals surface area contributed by atoms with Crippen molar-refractivity contribution in [2.45, 2.75) is 19.8 Å². The van der Waals surface area contributed by atoms with Gasteiger partial charge in [0.15, 0.2) is 0 Å². The molecule has 128 valence electrons. The van der Waals surface area contributed by atoms with Gasteiger partial charge in [-0.3, -0.25) is 9.59 Å². The van der Waals surface area contributed by atoms with Crippen LogP contribution in [0.3, 0.4) is 0 Å². The minimum absolute atomic E-state index is 0.0346. The quantitative estimate of drug-likeness (QED) is 0.758. The molecule has 0 aliphatic rings. The highest BCUT2D eigenvalue weighted by Gasteiger charge is 2.09. The predicted octanol–water partition coefficient (Wildman–Crippen LogP) is 3.85. The fourth-order valence-electron chi connectivity index (χ4n) is 2.42. The molecule has 0 aliphatic heterocycles. The summed E-state index contributed by atoms with van der Waals surface area (Å²) in [4.78, 5) is 29.6. The molecule has 0 atom stereocenters. The molecule has 0 radical (unpaired) electrons. The third-order valence-corrected chi connectivity index (χ3v) is 5.01. The maximum absolute atomic E-state index is 12.1. The van der Waals surface area contributed by atoms with Gasteiger partial charge in [-0.15, -0.1) is 11.3 Å². The van der Waals surface area contributed by atoms with Crippen molar-refractivity contribution in [1.82, 2.24) is 4.98 Å². The van der Waals surface area contributed by atoms with Gasteiger partial charge in [0.25, 0.3) is 0 Å². The molecule has 3 rings (SSSR count). The van der Waals surface area contributed by atoms with Gasteiger partial charge in [0, 0.05) is 38.2 Å². The molecule has 3 aromatic rings.